The summed E-state index contributed by atoms with van der Waals surface area (Å²) in [7, 11) is -2.25. The molecule has 1 atom stereocenters. The Balaban J connectivity index is 1.51. The molecular formula is C26H33ClFN5O5S. The van der Waals surface area contributed by atoms with Crippen LogP contribution < -0.4 is 11.1 Å². The number of carbonyl (C=O) groups excluding carboxylic acids is 2. The van der Waals surface area contributed by atoms with E-state index in [1.165, 1.54) is 30.3 Å². The van der Waals surface area contributed by atoms with Gasteiger partial charge in [-0.3, -0.25) is 0 Å². The molecule has 1 aliphatic heterocycles. The van der Waals surface area contributed by atoms with Crippen LogP contribution in [0.25, 0.3) is 0 Å². The fourth-order valence-electron chi connectivity index (χ4n) is 5.05. The standard InChI is InChI=1S/C26H33ClFN5O5S/c1-31-11-13-32(14-12-31)9-2-10-33(26(35)30-20-5-8-24(28)23(27)17-20)21-6-3-18-4-7-22(16-19(18)15-21)39(36,37)38-25(29)34/h4-5,7-8,16-17,21H,2-3,6,9-15H2,1H3,(H2,29,34)(H,30,35). The summed E-state index contributed by atoms with van der Waals surface area (Å²) in [6.07, 6.45) is 1.09. The summed E-state index contributed by atoms with van der Waals surface area (Å²) in [5.74, 6) is -0.575. The Morgan fingerprint density at radius 2 is 1.90 bits per heavy atom. The minimum absolute atomic E-state index is 0.0899. The van der Waals surface area contributed by atoms with Gasteiger partial charge in [0, 0.05) is 44.5 Å². The zero-order valence-corrected chi connectivity index (χ0v) is 23.3. The summed E-state index contributed by atoms with van der Waals surface area (Å²) in [4.78, 5) is 30.8. The number of fused-ring (bicyclic) bond motifs is 1. The van der Waals surface area contributed by atoms with Crippen LogP contribution in [0.1, 0.15) is 24.0 Å². The largest absolute Gasteiger partial charge is 0.420 e. The first-order chi connectivity index (χ1) is 18.5. The van der Waals surface area contributed by atoms with Crippen LogP contribution in [0.2, 0.25) is 5.02 Å². The zero-order chi connectivity index (χ0) is 28.2. The summed E-state index contributed by atoms with van der Waals surface area (Å²) in [5, 5.41) is 2.74. The van der Waals surface area contributed by atoms with Gasteiger partial charge in [-0.25, -0.2) is 14.0 Å². The Labute approximate surface area is 232 Å². The van der Waals surface area contributed by atoms with Crippen molar-refractivity contribution in [2.24, 2.45) is 5.73 Å². The molecule has 3 N–H and O–H groups in total. The Morgan fingerprint density at radius 1 is 1.15 bits per heavy atom. The number of nitrogens with one attached hydrogen (secondary N) is 1. The predicted molar refractivity (Wildman–Crippen MR) is 146 cm³/mol. The van der Waals surface area contributed by atoms with E-state index in [0.717, 1.165) is 50.3 Å². The van der Waals surface area contributed by atoms with E-state index in [1.54, 1.807) is 11.0 Å². The topological polar surface area (TPSA) is 125 Å². The third-order valence-electron chi connectivity index (χ3n) is 7.20. The molecule has 0 aromatic heterocycles. The van der Waals surface area contributed by atoms with Gasteiger partial charge in [-0.15, -0.1) is 0 Å². The molecule has 0 saturated carbocycles. The van der Waals surface area contributed by atoms with Gasteiger partial charge in [0.05, 0.1) is 5.02 Å². The van der Waals surface area contributed by atoms with Gasteiger partial charge in [-0.2, -0.15) is 8.42 Å². The minimum Gasteiger partial charge on any atom is -0.334 e. The highest BCUT2D eigenvalue weighted by molar-refractivity contribution is 7.87. The van der Waals surface area contributed by atoms with Gasteiger partial charge in [0.2, 0.25) is 0 Å². The van der Waals surface area contributed by atoms with Gasteiger partial charge in [-0.05, 0) is 80.7 Å². The lowest BCUT2D eigenvalue weighted by Gasteiger charge is -2.37. The number of likely N-dealkylation sites (N-methyl/N-ethyl adjacent to an activating group) is 1. The van der Waals surface area contributed by atoms with E-state index < -0.39 is 22.0 Å². The smallest absolute Gasteiger partial charge is 0.334 e. The van der Waals surface area contributed by atoms with Crippen LogP contribution in [0, 0.1) is 5.82 Å². The zero-order valence-electron chi connectivity index (χ0n) is 21.7. The molecule has 39 heavy (non-hydrogen) atoms. The maximum Gasteiger partial charge on any atom is 0.420 e. The molecule has 1 heterocycles. The van der Waals surface area contributed by atoms with Crippen LogP contribution in [0.4, 0.5) is 19.7 Å². The first-order valence-corrected chi connectivity index (χ1v) is 14.6. The van der Waals surface area contributed by atoms with Crippen molar-refractivity contribution in [2.75, 3.05) is 51.6 Å². The quantitative estimate of drug-likeness (QED) is 0.458. The highest BCUT2D eigenvalue weighted by Crippen LogP contribution is 2.29. The minimum atomic E-state index is -4.35. The Bertz CT molecular complexity index is 1320. The normalized spacial score (nSPS) is 18.3. The number of rotatable bonds is 8. The molecule has 0 bridgehead atoms. The number of nitrogens with zero attached hydrogens (tertiary/aromatic N) is 3. The predicted octanol–water partition coefficient (Wildman–Crippen LogP) is 3.29. The van der Waals surface area contributed by atoms with Crippen molar-refractivity contribution >= 4 is 39.5 Å². The third-order valence-corrected chi connectivity index (χ3v) is 8.71. The van der Waals surface area contributed by atoms with Crippen molar-refractivity contribution in [3.8, 4) is 0 Å². The molecule has 1 aliphatic carbocycles. The first kappa shape index (κ1) is 29.1. The highest BCUT2D eigenvalue weighted by Gasteiger charge is 2.30. The SMILES string of the molecule is CN1CCN(CCCN(C(=O)Nc2ccc(F)c(Cl)c2)C2CCc3ccc(S(=O)(=O)OC(N)=O)cc3C2)CC1. The van der Waals surface area contributed by atoms with Gasteiger partial charge in [-0.1, -0.05) is 17.7 Å². The fraction of sp³-hybridized carbons (Fsp3) is 0.462. The highest BCUT2D eigenvalue weighted by atomic mass is 35.5. The number of nitrogens with two attached hydrogens (primary N) is 1. The van der Waals surface area contributed by atoms with E-state index in [0.29, 0.717) is 31.5 Å². The lowest BCUT2D eigenvalue weighted by Crippen LogP contribution is -2.48. The van der Waals surface area contributed by atoms with Crippen LogP contribution in [0.15, 0.2) is 41.3 Å². The molecule has 3 amide bonds. The van der Waals surface area contributed by atoms with Crippen molar-refractivity contribution in [2.45, 2.75) is 36.6 Å². The fourth-order valence-corrected chi connectivity index (χ4v) is 6.06. The maximum absolute atomic E-state index is 13.6. The van der Waals surface area contributed by atoms with Crippen LogP contribution in [-0.2, 0) is 27.1 Å². The number of halogens is 2. The molecule has 2 aromatic rings. The van der Waals surface area contributed by atoms with Crippen molar-refractivity contribution < 1.29 is 26.6 Å². The third kappa shape index (κ3) is 7.59. The summed E-state index contributed by atoms with van der Waals surface area (Å²) in [5.41, 5.74) is 7.01. The molecule has 1 unspecified atom stereocenters. The van der Waals surface area contributed by atoms with Gasteiger partial charge >= 0.3 is 22.2 Å². The Morgan fingerprint density at radius 3 is 2.59 bits per heavy atom. The van der Waals surface area contributed by atoms with E-state index >= 15 is 0 Å². The summed E-state index contributed by atoms with van der Waals surface area (Å²) >= 11 is 5.91. The monoisotopic (exact) mass is 581 g/mol. The lowest BCUT2D eigenvalue weighted by atomic mass is 9.87. The number of carbonyl (C=O) groups is 2. The van der Waals surface area contributed by atoms with E-state index in [4.69, 9.17) is 17.3 Å². The maximum atomic E-state index is 13.6. The summed E-state index contributed by atoms with van der Waals surface area (Å²) in [6.45, 7) is 5.27. The van der Waals surface area contributed by atoms with Crippen molar-refractivity contribution in [3.63, 3.8) is 0 Å². The lowest BCUT2D eigenvalue weighted by molar-refractivity contribution is 0.140. The van der Waals surface area contributed by atoms with E-state index in [-0.39, 0.29) is 22.0 Å². The molecule has 212 valence electrons. The van der Waals surface area contributed by atoms with Crippen LogP contribution >= 0.6 is 11.6 Å². The number of amides is 3. The van der Waals surface area contributed by atoms with Crippen LogP contribution in [0.3, 0.4) is 0 Å². The Hall–Kier alpha value is -2.93. The number of urea groups is 1. The van der Waals surface area contributed by atoms with Crippen LogP contribution in [-0.4, -0.2) is 87.6 Å². The number of piperazine rings is 1. The molecule has 10 nitrogen and oxygen atoms in total. The Kier molecular flexibility index (Phi) is 9.31. The molecular weight excluding hydrogens is 549 g/mol. The molecule has 1 saturated heterocycles. The number of anilines is 1. The first-order valence-electron chi connectivity index (χ1n) is 12.8. The molecule has 0 spiro atoms. The van der Waals surface area contributed by atoms with E-state index in [9.17, 15) is 22.4 Å². The molecule has 0 radical (unpaired) electrons. The second-order valence-electron chi connectivity index (χ2n) is 9.93. The molecule has 13 heteroatoms. The van der Waals surface area contributed by atoms with Crippen molar-refractivity contribution in [3.05, 3.63) is 58.4 Å². The molecule has 2 aliphatic rings. The summed E-state index contributed by atoms with van der Waals surface area (Å²) < 4.78 is 42.7. The van der Waals surface area contributed by atoms with Gasteiger partial charge in [0.15, 0.2) is 0 Å². The van der Waals surface area contributed by atoms with E-state index in [1.807, 2.05) is 0 Å². The number of hydrogen-bond donors (Lipinski definition) is 2. The van der Waals surface area contributed by atoms with E-state index in [2.05, 4.69) is 26.3 Å². The van der Waals surface area contributed by atoms with Gasteiger partial charge < -0.3 is 29.9 Å². The van der Waals surface area contributed by atoms with Crippen molar-refractivity contribution in [1.29, 1.82) is 0 Å². The molecule has 2 aromatic carbocycles. The van der Waals surface area contributed by atoms with Gasteiger partial charge in [0.25, 0.3) is 0 Å². The number of aryl methyl sites for hydroxylation is 1. The van der Waals surface area contributed by atoms with Crippen molar-refractivity contribution in [1.82, 2.24) is 14.7 Å². The molecule has 1 fully saturated rings. The second kappa shape index (κ2) is 12.5. The van der Waals surface area contributed by atoms with Gasteiger partial charge in [0.1, 0.15) is 10.7 Å². The number of benzene rings is 2. The average Bonchev–Trinajstić information content (AvgIpc) is 2.88. The number of primary amides is 1. The summed E-state index contributed by atoms with van der Waals surface area (Å²) in [6, 6.07) is 8.01. The molecule has 4 rings (SSSR count). The van der Waals surface area contributed by atoms with Crippen LogP contribution in [0.5, 0.6) is 0 Å². The second-order valence-corrected chi connectivity index (χ2v) is 11.9. The number of hydrogen-bond acceptors (Lipinski definition) is 7. The average molecular weight is 582 g/mol.